The van der Waals surface area contributed by atoms with Gasteiger partial charge in [-0.3, -0.25) is 9.69 Å². The Morgan fingerprint density at radius 3 is 2.91 bits per heavy atom. The van der Waals surface area contributed by atoms with Gasteiger partial charge in [0.15, 0.2) is 0 Å². The van der Waals surface area contributed by atoms with Crippen molar-refractivity contribution < 1.29 is 4.79 Å². The summed E-state index contributed by atoms with van der Waals surface area (Å²) >= 11 is 1.80. The van der Waals surface area contributed by atoms with Gasteiger partial charge in [-0.15, -0.1) is 11.3 Å². The van der Waals surface area contributed by atoms with Gasteiger partial charge in [0.1, 0.15) is 5.01 Å². The summed E-state index contributed by atoms with van der Waals surface area (Å²) in [7, 11) is 4.15. The Balaban J connectivity index is 1.43. The summed E-state index contributed by atoms with van der Waals surface area (Å²) in [5, 5.41) is 1.19. The minimum atomic E-state index is 0.320. The van der Waals surface area contributed by atoms with Crippen LogP contribution in [0.1, 0.15) is 24.3 Å². The molecule has 4 nitrogen and oxygen atoms in total. The number of carbonyl (C=O) groups excluding carboxylic acids is 1. The molecule has 4 rings (SSSR count). The Labute approximate surface area is 141 Å². The monoisotopic (exact) mass is 329 g/mol. The first kappa shape index (κ1) is 15.1. The fourth-order valence-corrected chi connectivity index (χ4v) is 5.21. The molecule has 2 aromatic rings. The van der Waals surface area contributed by atoms with E-state index in [1.807, 2.05) is 18.0 Å². The number of rotatable bonds is 3. The summed E-state index contributed by atoms with van der Waals surface area (Å²) in [6, 6.07) is 8.92. The van der Waals surface area contributed by atoms with E-state index >= 15 is 0 Å². The van der Waals surface area contributed by atoms with Crippen molar-refractivity contribution in [1.82, 2.24) is 14.8 Å². The molecule has 0 unspecified atom stereocenters. The molecule has 1 amide bonds. The molecule has 0 radical (unpaired) electrons. The van der Waals surface area contributed by atoms with Crippen molar-refractivity contribution in [2.24, 2.45) is 11.8 Å². The van der Waals surface area contributed by atoms with Crippen LogP contribution in [0.25, 0.3) is 10.2 Å². The van der Waals surface area contributed by atoms with Crippen LogP contribution in [0.3, 0.4) is 0 Å². The Morgan fingerprint density at radius 2 is 2.09 bits per heavy atom. The van der Waals surface area contributed by atoms with Gasteiger partial charge in [0, 0.05) is 26.1 Å². The maximum atomic E-state index is 11.9. The topological polar surface area (TPSA) is 36.4 Å². The van der Waals surface area contributed by atoms with Gasteiger partial charge < -0.3 is 4.90 Å². The zero-order valence-electron chi connectivity index (χ0n) is 13.7. The molecule has 23 heavy (non-hydrogen) atoms. The number of hydrogen-bond donors (Lipinski definition) is 0. The van der Waals surface area contributed by atoms with Gasteiger partial charge in [-0.1, -0.05) is 12.1 Å². The second kappa shape index (κ2) is 5.87. The first-order chi connectivity index (χ1) is 11.1. The average Bonchev–Trinajstić information content (AvgIpc) is 3.10. The number of thiazole rings is 1. The lowest BCUT2D eigenvalue weighted by Crippen LogP contribution is -2.39. The van der Waals surface area contributed by atoms with Crippen molar-refractivity contribution >= 4 is 27.5 Å². The fraction of sp³-hybridized carbons (Fsp3) is 0.556. The molecule has 2 heterocycles. The number of piperidine rings is 1. The van der Waals surface area contributed by atoms with Crippen LogP contribution < -0.4 is 0 Å². The molecule has 0 bridgehead atoms. The molecule has 1 aromatic heterocycles. The van der Waals surface area contributed by atoms with Crippen LogP contribution in [-0.4, -0.2) is 47.4 Å². The third-order valence-corrected chi connectivity index (χ3v) is 6.55. The van der Waals surface area contributed by atoms with Gasteiger partial charge >= 0.3 is 0 Å². The summed E-state index contributed by atoms with van der Waals surface area (Å²) < 4.78 is 1.27. The van der Waals surface area contributed by atoms with Crippen molar-refractivity contribution in [2.45, 2.75) is 31.8 Å². The number of para-hydroxylation sites is 1. The lowest BCUT2D eigenvalue weighted by Gasteiger charge is -2.31. The molecule has 3 atom stereocenters. The maximum Gasteiger partial charge on any atom is 0.222 e. The third kappa shape index (κ3) is 2.88. The Bertz CT molecular complexity index is 695. The molecule has 2 fully saturated rings. The predicted octanol–water partition coefficient (Wildman–Crippen LogP) is 2.99. The van der Waals surface area contributed by atoms with Crippen molar-refractivity contribution in [2.75, 3.05) is 20.6 Å². The van der Waals surface area contributed by atoms with E-state index in [2.05, 4.69) is 30.1 Å². The normalized spacial score (nSPS) is 27.9. The summed E-state index contributed by atoms with van der Waals surface area (Å²) in [6.45, 7) is 1.85. The first-order valence-corrected chi connectivity index (χ1v) is 9.20. The largest absolute Gasteiger partial charge is 0.345 e. The molecule has 1 aromatic carbocycles. The molecule has 1 aliphatic carbocycles. The summed E-state index contributed by atoms with van der Waals surface area (Å²) in [4.78, 5) is 21.0. The molecule has 0 spiro atoms. The van der Waals surface area contributed by atoms with E-state index in [4.69, 9.17) is 4.98 Å². The quantitative estimate of drug-likeness (QED) is 0.868. The summed E-state index contributed by atoms with van der Waals surface area (Å²) in [5.74, 6) is 1.59. The van der Waals surface area contributed by atoms with Gasteiger partial charge in [0.2, 0.25) is 5.91 Å². The van der Waals surface area contributed by atoms with E-state index in [9.17, 15) is 4.79 Å². The molecule has 0 N–H and O–H groups in total. The van der Waals surface area contributed by atoms with E-state index in [0.29, 0.717) is 23.8 Å². The second-order valence-corrected chi connectivity index (χ2v) is 8.23. The molecule has 2 aliphatic rings. The highest BCUT2D eigenvalue weighted by molar-refractivity contribution is 7.18. The van der Waals surface area contributed by atoms with E-state index < -0.39 is 0 Å². The van der Waals surface area contributed by atoms with Crippen LogP contribution in [0.15, 0.2) is 24.3 Å². The van der Waals surface area contributed by atoms with Crippen molar-refractivity contribution in [3.8, 4) is 0 Å². The van der Waals surface area contributed by atoms with E-state index in [-0.39, 0.29) is 0 Å². The number of hydrogen-bond acceptors (Lipinski definition) is 4. The molecule has 1 saturated carbocycles. The minimum absolute atomic E-state index is 0.320. The van der Waals surface area contributed by atoms with Crippen LogP contribution in [0, 0.1) is 11.8 Å². The van der Waals surface area contributed by atoms with Crippen molar-refractivity contribution in [1.29, 1.82) is 0 Å². The van der Waals surface area contributed by atoms with E-state index in [0.717, 1.165) is 31.4 Å². The number of fused-ring (bicyclic) bond motifs is 2. The van der Waals surface area contributed by atoms with Crippen LogP contribution in [0.4, 0.5) is 0 Å². The Morgan fingerprint density at radius 1 is 1.30 bits per heavy atom. The number of nitrogens with zero attached hydrogens (tertiary/aromatic N) is 3. The SMILES string of the molecule is CN1C[C@H]2C[C@@H](N(C)Cc3nc4ccccc4s3)C[C@H]2CC1=O. The van der Waals surface area contributed by atoms with E-state index in [1.54, 1.807) is 11.3 Å². The van der Waals surface area contributed by atoms with Gasteiger partial charge in [-0.2, -0.15) is 0 Å². The highest BCUT2D eigenvalue weighted by Crippen LogP contribution is 2.40. The van der Waals surface area contributed by atoms with Crippen molar-refractivity contribution in [3.63, 3.8) is 0 Å². The lowest BCUT2D eigenvalue weighted by atomic mass is 9.88. The summed E-state index contributed by atoms with van der Waals surface area (Å²) in [5.41, 5.74) is 1.10. The second-order valence-electron chi connectivity index (χ2n) is 7.11. The van der Waals surface area contributed by atoms with Gasteiger partial charge in [-0.25, -0.2) is 4.98 Å². The summed E-state index contributed by atoms with van der Waals surface area (Å²) in [6.07, 6.45) is 3.11. The lowest BCUT2D eigenvalue weighted by molar-refractivity contribution is -0.134. The molecule has 1 aliphatic heterocycles. The van der Waals surface area contributed by atoms with Gasteiger partial charge in [-0.05, 0) is 43.9 Å². The number of benzene rings is 1. The highest BCUT2D eigenvalue weighted by atomic mass is 32.1. The zero-order chi connectivity index (χ0) is 16.0. The molecule has 5 heteroatoms. The van der Waals surface area contributed by atoms with E-state index in [1.165, 1.54) is 16.1 Å². The van der Waals surface area contributed by atoms with Gasteiger partial charge in [0.05, 0.1) is 16.8 Å². The Kier molecular flexibility index (Phi) is 3.85. The molecular weight excluding hydrogens is 306 g/mol. The first-order valence-electron chi connectivity index (χ1n) is 8.39. The maximum absolute atomic E-state index is 11.9. The number of amides is 1. The highest BCUT2D eigenvalue weighted by Gasteiger charge is 2.41. The van der Waals surface area contributed by atoms with Crippen LogP contribution >= 0.6 is 11.3 Å². The zero-order valence-corrected chi connectivity index (χ0v) is 14.6. The van der Waals surface area contributed by atoms with Crippen LogP contribution in [0.2, 0.25) is 0 Å². The van der Waals surface area contributed by atoms with Crippen LogP contribution in [0.5, 0.6) is 0 Å². The molecular formula is C18H23N3OS. The minimum Gasteiger partial charge on any atom is -0.345 e. The van der Waals surface area contributed by atoms with Crippen molar-refractivity contribution in [3.05, 3.63) is 29.3 Å². The number of aromatic nitrogens is 1. The standard InChI is InChI=1S/C18H23N3OS/c1-20(11-17-19-15-5-3-4-6-16(15)23-17)14-7-12-9-18(22)21(2)10-13(12)8-14/h3-6,12-14H,7-11H2,1-2H3/t12-,13+,14-/m0/s1. The van der Waals surface area contributed by atoms with Gasteiger partial charge in [0.25, 0.3) is 0 Å². The third-order valence-electron chi connectivity index (χ3n) is 5.53. The van der Waals surface area contributed by atoms with Crippen LogP contribution in [-0.2, 0) is 11.3 Å². The molecule has 122 valence electrons. The predicted molar refractivity (Wildman–Crippen MR) is 93.3 cm³/mol. The molecule has 1 saturated heterocycles. The number of carbonyl (C=O) groups is 1. The smallest absolute Gasteiger partial charge is 0.222 e. The average molecular weight is 329 g/mol. The Hall–Kier alpha value is -1.46. The fourth-order valence-electron chi connectivity index (χ4n) is 4.18. The number of likely N-dealkylation sites (tertiary alicyclic amines) is 1.